The molecule has 2 aliphatic rings. The molecule has 0 bridgehead atoms. The summed E-state index contributed by atoms with van der Waals surface area (Å²) in [6.07, 6.45) is 1.92. The molecule has 0 saturated carbocycles. The summed E-state index contributed by atoms with van der Waals surface area (Å²) in [5, 5.41) is 9.39. The highest BCUT2D eigenvalue weighted by Crippen LogP contribution is 2.27. The number of benzene rings is 1. The lowest BCUT2D eigenvalue weighted by atomic mass is 10.0. The number of aliphatic hydroxyl groups excluding tert-OH is 1. The lowest BCUT2D eigenvalue weighted by Crippen LogP contribution is -2.53. The summed E-state index contributed by atoms with van der Waals surface area (Å²) in [6, 6.07) is 7.11. The van der Waals surface area contributed by atoms with Crippen molar-refractivity contribution in [3.05, 3.63) is 29.3 Å². The fourth-order valence-electron chi connectivity index (χ4n) is 3.83. The molecular weight excluding hydrogens is 288 g/mol. The molecule has 1 aromatic rings. The van der Waals surface area contributed by atoms with Crippen LogP contribution in [0.5, 0.6) is 5.75 Å². The van der Waals surface area contributed by atoms with Crippen LogP contribution in [-0.4, -0.2) is 60.3 Å². The van der Waals surface area contributed by atoms with Gasteiger partial charge >= 0.3 is 0 Å². The lowest BCUT2D eigenvalue weighted by molar-refractivity contribution is 0.0477. The van der Waals surface area contributed by atoms with E-state index in [-0.39, 0.29) is 6.61 Å². The van der Waals surface area contributed by atoms with Gasteiger partial charge in [0.25, 0.3) is 0 Å². The molecule has 0 spiro atoms. The van der Waals surface area contributed by atoms with Crippen molar-refractivity contribution in [2.45, 2.75) is 39.3 Å². The maximum absolute atomic E-state index is 9.39. The Bertz CT molecular complexity index is 518. The summed E-state index contributed by atoms with van der Waals surface area (Å²) in [7, 11) is 0. The maximum atomic E-state index is 9.39. The Kier molecular flexibility index (Phi) is 5.57. The molecule has 4 nitrogen and oxygen atoms in total. The molecule has 2 heterocycles. The van der Waals surface area contributed by atoms with Crippen molar-refractivity contribution in [2.75, 3.05) is 39.4 Å². The number of fused-ring (bicyclic) bond motifs is 1. The van der Waals surface area contributed by atoms with Crippen molar-refractivity contribution in [1.82, 2.24) is 9.80 Å². The number of aliphatic hydroxyl groups is 1. The van der Waals surface area contributed by atoms with Gasteiger partial charge in [-0.25, -0.2) is 0 Å². The zero-order valence-corrected chi connectivity index (χ0v) is 14.5. The minimum atomic E-state index is 0.281. The van der Waals surface area contributed by atoms with Gasteiger partial charge in [0.05, 0.1) is 6.61 Å². The van der Waals surface area contributed by atoms with E-state index in [0.717, 1.165) is 57.9 Å². The van der Waals surface area contributed by atoms with Crippen LogP contribution in [0.15, 0.2) is 18.2 Å². The SMILES string of the molecule is CC(C)CN1CCN(Cc2ccc3c(c2)CCO3)C[C@H]1CCO. The summed E-state index contributed by atoms with van der Waals surface area (Å²) in [5.41, 5.74) is 2.74. The van der Waals surface area contributed by atoms with Crippen LogP contribution in [0.4, 0.5) is 0 Å². The van der Waals surface area contributed by atoms with Gasteiger partial charge in [0, 0.05) is 51.8 Å². The Morgan fingerprint density at radius 3 is 2.96 bits per heavy atom. The van der Waals surface area contributed by atoms with Crippen molar-refractivity contribution in [3.63, 3.8) is 0 Å². The van der Waals surface area contributed by atoms with E-state index in [1.807, 2.05) is 0 Å². The molecular formula is C19H30N2O2. The average molecular weight is 318 g/mol. The Labute approximate surface area is 140 Å². The third-order valence-electron chi connectivity index (χ3n) is 4.91. The number of rotatable bonds is 6. The number of nitrogens with zero attached hydrogens (tertiary/aromatic N) is 2. The Morgan fingerprint density at radius 2 is 2.17 bits per heavy atom. The van der Waals surface area contributed by atoms with Crippen LogP contribution in [0.25, 0.3) is 0 Å². The number of ether oxygens (including phenoxy) is 1. The first-order valence-corrected chi connectivity index (χ1v) is 8.97. The molecule has 128 valence electrons. The van der Waals surface area contributed by atoms with Crippen molar-refractivity contribution in [3.8, 4) is 5.75 Å². The van der Waals surface area contributed by atoms with Crippen LogP contribution >= 0.6 is 0 Å². The zero-order valence-electron chi connectivity index (χ0n) is 14.5. The monoisotopic (exact) mass is 318 g/mol. The minimum absolute atomic E-state index is 0.281. The van der Waals surface area contributed by atoms with Gasteiger partial charge in [-0.1, -0.05) is 26.0 Å². The standard InChI is InChI=1S/C19H30N2O2/c1-15(2)12-21-8-7-20(14-18(21)5-9-22)13-16-3-4-19-17(11-16)6-10-23-19/h3-4,11,15,18,22H,5-10,12-14H2,1-2H3/t18-/m1/s1. The van der Waals surface area contributed by atoms with Gasteiger partial charge in [-0.3, -0.25) is 9.80 Å². The van der Waals surface area contributed by atoms with Crippen molar-refractivity contribution in [1.29, 1.82) is 0 Å². The van der Waals surface area contributed by atoms with E-state index in [1.165, 1.54) is 11.1 Å². The van der Waals surface area contributed by atoms with E-state index < -0.39 is 0 Å². The van der Waals surface area contributed by atoms with Crippen LogP contribution in [0.2, 0.25) is 0 Å². The van der Waals surface area contributed by atoms with Crippen molar-refractivity contribution in [2.24, 2.45) is 5.92 Å². The fraction of sp³-hybridized carbons (Fsp3) is 0.684. The largest absolute Gasteiger partial charge is 0.493 e. The zero-order chi connectivity index (χ0) is 16.2. The van der Waals surface area contributed by atoms with E-state index in [4.69, 9.17) is 4.74 Å². The van der Waals surface area contributed by atoms with Crippen LogP contribution in [0.3, 0.4) is 0 Å². The molecule has 4 heteroatoms. The van der Waals surface area contributed by atoms with E-state index >= 15 is 0 Å². The van der Waals surface area contributed by atoms with Gasteiger partial charge in [-0.15, -0.1) is 0 Å². The van der Waals surface area contributed by atoms with E-state index in [0.29, 0.717) is 12.0 Å². The molecule has 1 N–H and O–H groups in total. The molecule has 0 aromatic heterocycles. The fourth-order valence-corrected chi connectivity index (χ4v) is 3.83. The highest BCUT2D eigenvalue weighted by atomic mass is 16.5. The first-order chi connectivity index (χ1) is 11.2. The van der Waals surface area contributed by atoms with Crippen molar-refractivity contribution < 1.29 is 9.84 Å². The van der Waals surface area contributed by atoms with E-state index in [2.05, 4.69) is 41.8 Å². The smallest absolute Gasteiger partial charge is 0.122 e. The second-order valence-electron chi connectivity index (χ2n) is 7.33. The van der Waals surface area contributed by atoms with Gasteiger partial charge < -0.3 is 9.84 Å². The second kappa shape index (κ2) is 7.65. The van der Waals surface area contributed by atoms with Gasteiger partial charge in [0.1, 0.15) is 5.75 Å². The molecule has 1 aromatic carbocycles. The highest BCUT2D eigenvalue weighted by Gasteiger charge is 2.27. The number of hydrogen-bond donors (Lipinski definition) is 1. The molecule has 3 rings (SSSR count). The first kappa shape index (κ1) is 16.7. The number of hydrogen-bond acceptors (Lipinski definition) is 4. The van der Waals surface area contributed by atoms with Gasteiger partial charge in [0.15, 0.2) is 0 Å². The summed E-state index contributed by atoms with van der Waals surface area (Å²) in [4.78, 5) is 5.10. The van der Waals surface area contributed by atoms with Gasteiger partial charge in [-0.2, -0.15) is 0 Å². The third kappa shape index (κ3) is 4.25. The molecule has 1 fully saturated rings. The summed E-state index contributed by atoms with van der Waals surface area (Å²) >= 11 is 0. The van der Waals surface area contributed by atoms with Crippen LogP contribution < -0.4 is 4.74 Å². The molecule has 0 amide bonds. The molecule has 1 saturated heterocycles. The molecule has 0 aliphatic carbocycles. The average Bonchev–Trinajstić information content (AvgIpc) is 2.97. The predicted octanol–water partition coefficient (Wildman–Crippen LogP) is 2.15. The quantitative estimate of drug-likeness (QED) is 0.872. The van der Waals surface area contributed by atoms with E-state index in [9.17, 15) is 5.11 Å². The molecule has 0 radical (unpaired) electrons. The molecule has 1 atom stereocenters. The Hall–Kier alpha value is -1.10. The lowest BCUT2D eigenvalue weighted by Gasteiger charge is -2.42. The predicted molar refractivity (Wildman–Crippen MR) is 92.8 cm³/mol. The topological polar surface area (TPSA) is 35.9 Å². The summed E-state index contributed by atoms with van der Waals surface area (Å²) in [5.74, 6) is 1.74. The Morgan fingerprint density at radius 1 is 1.30 bits per heavy atom. The minimum Gasteiger partial charge on any atom is -0.493 e. The molecule has 0 unspecified atom stereocenters. The second-order valence-corrected chi connectivity index (χ2v) is 7.33. The Balaban J connectivity index is 1.60. The number of piperazine rings is 1. The first-order valence-electron chi connectivity index (χ1n) is 8.97. The van der Waals surface area contributed by atoms with Crippen molar-refractivity contribution >= 4 is 0 Å². The van der Waals surface area contributed by atoms with E-state index in [1.54, 1.807) is 0 Å². The van der Waals surface area contributed by atoms with Gasteiger partial charge in [0.2, 0.25) is 0 Å². The van der Waals surface area contributed by atoms with Crippen LogP contribution in [0, 0.1) is 5.92 Å². The molecule has 23 heavy (non-hydrogen) atoms. The molecule has 2 aliphatic heterocycles. The normalized spacial score (nSPS) is 22.3. The maximum Gasteiger partial charge on any atom is 0.122 e. The summed E-state index contributed by atoms with van der Waals surface area (Å²) in [6.45, 7) is 11.1. The van der Waals surface area contributed by atoms with Gasteiger partial charge in [-0.05, 0) is 29.5 Å². The summed E-state index contributed by atoms with van der Waals surface area (Å²) < 4.78 is 5.60. The highest BCUT2D eigenvalue weighted by molar-refractivity contribution is 5.39. The van der Waals surface area contributed by atoms with Crippen LogP contribution in [-0.2, 0) is 13.0 Å². The third-order valence-corrected chi connectivity index (χ3v) is 4.91. The van der Waals surface area contributed by atoms with Crippen LogP contribution in [0.1, 0.15) is 31.4 Å².